The number of rotatable bonds is 5. The third kappa shape index (κ3) is 3.45. The fourth-order valence-corrected chi connectivity index (χ4v) is 2.55. The number of thiophene rings is 1. The topological polar surface area (TPSA) is 92.4 Å². The molecule has 0 saturated carbocycles. The predicted octanol–water partition coefficient (Wildman–Crippen LogP) is 2.20. The van der Waals surface area contributed by atoms with E-state index in [9.17, 15) is 9.59 Å². The quantitative estimate of drug-likeness (QED) is 0.754. The van der Waals surface area contributed by atoms with E-state index in [-0.39, 0.29) is 16.8 Å². The minimum atomic E-state index is -0.955. The molecule has 0 aliphatic carbocycles. The fraction of sp³-hybridized carbons (Fsp3) is 0.455. The Kier molecular flexibility index (Phi) is 4.51. The maximum absolute atomic E-state index is 10.9. The molecular weight excluding hydrogens is 240 g/mol. The number of carboxylic acids is 1. The van der Waals surface area contributed by atoms with Gasteiger partial charge in [-0.15, -0.1) is 11.3 Å². The van der Waals surface area contributed by atoms with E-state index in [4.69, 9.17) is 10.8 Å². The molecule has 1 aromatic heterocycles. The third-order valence-electron chi connectivity index (χ3n) is 2.65. The Morgan fingerprint density at radius 2 is 2.18 bits per heavy atom. The number of carbonyl (C=O) groups is 2. The van der Waals surface area contributed by atoms with Crippen LogP contribution in [0, 0.1) is 5.92 Å². The van der Waals surface area contributed by atoms with Crippen molar-refractivity contribution >= 4 is 23.3 Å². The Morgan fingerprint density at radius 3 is 2.59 bits per heavy atom. The van der Waals surface area contributed by atoms with Crippen molar-refractivity contribution in [2.24, 2.45) is 11.7 Å². The Hall–Kier alpha value is -1.56. The molecule has 5 nitrogen and oxygen atoms in total. The molecule has 0 radical (unpaired) electrons. The summed E-state index contributed by atoms with van der Waals surface area (Å²) in [7, 11) is 0. The first-order valence-electron chi connectivity index (χ1n) is 5.34. The Bertz CT molecular complexity index is 417. The van der Waals surface area contributed by atoms with Crippen molar-refractivity contribution in [3.63, 3.8) is 0 Å². The molecule has 1 aromatic rings. The predicted molar refractivity (Wildman–Crippen MR) is 66.2 cm³/mol. The highest BCUT2D eigenvalue weighted by molar-refractivity contribution is 7.14. The van der Waals surface area contributed by atoms with Gasteiger partial charge >= 0.3 is 12.0 Å². The summed E-state index contributed by atoms with van der Waals surface area (Å²) in [6, 6.07) is 2.44. The molecule has 0 fully saturated rings. The number of amides is 2. The van der Waals surface area contributed by atoms with Crippen LogP contribution in [-0.4, -0.2) is 17.1 Å². The molecular formula is C11H16N2O3S. The second-order valence-electron chi connectivity index (χ2n) is 3.88. The molecule has 2 amide bonds. The van der Waals surface area contributed by atoms with E-state index in [0.717, 1.165) is 22.6 Å². The van der Waals surface area contributed by atoms with Crippen molar-refractivity contribution < 1.29 is 14.7 Å². The average Bonchev–Trinajstić information content (AvgIpc) is 2.73. The summed E-state index contributed by atoms with van der Waals surface area (Å²) >= 11 is 1.16. The van der Waals surface area contributed by atoms with Crippen LogP contribution in [0.3, 0.4) is 0 Å². The Labute approximate surface area is 104 Å². The van der Waals surface area contributed by atoms with E-state index in [2.05, 4.69) is 5.32 Å². The van der Waals surface area contributed by atoms with Gasteiger partial charge in [-0.05, 0) is 18.1 Å². The minimum Gasteiger partial charge on any atom is -0.477 e. The molecule has 0 spiro atoms. The van der Waals surface area contributed by atoms with Gasteiger partial charge in [-0.3, -0.25) is 0 Å². The maximum Gasteiger partial charge on any atom is 0.345 e. The molecule has 2 atom stereocenters. The summed E-state index contributed by atoms with van der Waals surface area (Å²) in [5.74, 6) is -0.758. The lowest BCUT2D eigenvalue weighted by Gasteiger charge is -2.22. The molecule has 0 aromatic carbocycles. The molecule has 17 heavy (non-hydrogen) atoms. The molecule has 0 bridgehead atoms. The van der Waals surface area contributed by atoms with Crippen LogP contribution >= 0.6 is 11.3 Å². The van der Waals surface area contributed by atoms with Gasteiger partial charge in [0.1, 0.15) is 4.88 Å². The van der Waals surface area contributed by atoms with Crippen LogP contribution < -0.4 is 11.1 Å². The van der Waals surface area contributed by atoms with Crippen LogP contribution in [0.1, 0.15) is 40.9 Å². The molecule has 0 aliphatic heterocycles. The van der Waals surface area contributed by atoms with E-state index in [0.29, 0.717) is 0 Å². The van der Waals surface area contributed by atoms with E-state index >= 15 is 0 Å². The van der Waals surface area contributed by atoms with Crippen LogP contribution in [0.25, 0.3) is 0 Å². The van der Waals surface area contributed by atoms with Crippen molar-refractivity contribution in [3.8, 4) is 0 Å². The molecule has 2 unspecified atom stereocenters. The van der Waals surface area contributed by atoms with Gasteiger partial charge in [0.25, 0.3) is 0 Å². The third-order valence-corrected chi connectivity index (χ3v) is 3.81. The summed E-state index contributed by atoms with van der Waals surface area (Å²) in [5, 5.41) is 11.5. The first-order chi connectivity index (χ1) is 7.95. The number of nitrogens with two attached hydrogens (primary N) is 1. The van der Waals surface area contributed by atoms with Crippen LogP contribution in [0.2, 0.25) is 0 Å². The minimum absolute atomic E-state index is 0.197. The number of hydrogen-bond donors (Lipinski definition) is 3. The summed E-state index contributed by atoms with van der Waals surface area (Å²) in [6.45, 7) is 3.99. The highest BCUT2D eigenvalue weighted by Crippen LogP contribution is 2.30. The number of carboxylic acid groups (broad SMARTS) is 1. The van der Waals surface area contributed by atoms with Crippen molar-refractivity contribution in [2.45, 2.75) is 26.3 Å². The zero-order chi connectivity index (χ0) is 13.0. The van der Waals surface area contributed by atoms with Crippen molar-refractivity contribution in [2.75, 3.05) is 0 Å². The Morgan fingerprint density at radius 1 is 1.53 bits per heavy atom. The first-order valence-corrected chi connectivity index (χ1v) is 6.16. The van der Waals surface area contributed by atoms with Gasteiger partial charge in [0.2, 0.25) is 0 Å². The van der Waals surface area contributed by atoms with Crippen LogP contribution in [0.4, 0.5) is 4.79 Å². The second-order valence-corrected chi connectivity index (χ2v) is 4.99. The summed E-state index contributed by atoms with van der Waals surface area (Å²) in [6.07, 6.45) is 0.866. The number of hydrogen-bond acceptors (Lipinski definition) is 3. The number of carbonyl (C=O) groups excluding carboxylic acids is 1. The molecule has 6 heteroatoms. The summed E-state index contributed by atoms with van der Waals surface area (Å²) < 4.78 is 0. The van der Waals surface area contributed by atoms with E-state index in [1.807, 2.05) is 13.8 Å². The smallest absolute Gasteiger partial charge is 0.345 e. The number of urea groups is 1. The SMILES string of the molecule is CCC(C)C(NC(N)=O)c1ccc(C(=O)O)s1. The van der Waals surface area contributed by atoms with Crippen molar-refractivity contribution in [1.29, 1.82) is 0 Å². The van der Waals surface area contributed by atoms with Gasteiger partial charge in [-0.25, -0.2) is 9.59 Å². The zero-order valence-electron chi connectivity index (χ0n) is 9.77. The van der Waals surface area contributed by atoms with Crippen LogP contribution in [0.15, 0.2) is 12.1 Å². The van der Waals surface area contributed by atoms with Crippen molar-refractivity contribution in [3.05, 3.63) is 21.9 Å². The van der Waals surface area contributed by atoms with Gasteiger partial charge in [0.15, 0.2) is 0 Å². The molecule has 94 valence electrons. The summed E-state index contributed by atoms with van der Waals surface area (Å²) in [4.78, 5) is 22.8. The number of aromatic carboxylic acids is 1. The van der Waals surface area contributed by atoms with Gasteiger partial charge in [0, 0.05) is 4.88 Å². The Balaban J connectivity index is 2.95. The normalized spacial score (nSPS) is 14.0. The lowest BCUT2D eigenvalue weighted by atomic mass is 9.98. The van der Waals surface area contributed by atoms with E-state index < -0.39 is 12.0 Å². The zero-order valence-corrected chi connectivity index (χ0v) is 10.6. The molecule has 0 aliphatic rings. The van der Waals surface area contributed by atoms with Crippen LogP contribution in [0.5, 0.6) is 0 Å². The van der Waals surface area contributed by atoms with Gasteiger partial charge in [-0.1, -0.05) is 20.3 Å². The maximum atomic E-state index is 10.9. The monoisotopic (exact) mass is 256 g/mol. The average molecular weight is 256 g/mol. The molecule has 1 heterocycles. The van der Waals surface area contributed by atoms with E-state index in [1.165, 1.54) is 0 Å². The number of nitrogens with one attached hydrogen (secondary N) is 1. The van der Waals surface area contributed by atoms with Gasteiger partial charge in [-0.2, -0.15) is 0 Å². The highest BCUT2D eigenvalue weighted by Gasteiger charge is 2.22. The second kappa shape index (κ2) is 5.67. The van der Waals surface area contributed by atoms with Crippen molar-refractivity contribution in [1.82, 2.24) is 5.32 Å². The van der Waals surface area contributed by atoms with Gasteiger partial charge < -0.3 is 16.2 Å². The lowest BCUT2D eigenvalue weighted by molar-refractivity contribution is 0.0702. The lowest BCUT2D eigenvalue weighted by Crippen LogP contribution is -2.35. The van der Waals surface area contributed by atoms with Gasteiger partial charge in [0.05, 0.1) is 6.04 Å². The van der Waals surface area contributed by atoms with E-state index in [1.54, 1.807) is 12.1 Å². The molecule has 0 saturated heterocycles. The molecule has 4 N–H and O–H groups in total. The highest BCUT2D eigenvalue weighted by atomic mass is 32.1. The largest absolute Gasteiger partial charge is 0.477 e. The molecule has 1 rings (SSSR count). The summed E-state index contributed by atoms with van der Waals surface area (Å²) in [5.41, 5.74) is 5.13. The fourth-order valence-electron chi connectivity index (χ4n) is 1.52. The number of primary amides is 1. The first kappa shape index (κ1) is 13.5. The standard InChI is InChI=1S/C11H16N2O3S/c1-3-6(2)9(13-11(12)16)7-4-5-8(17-7)10(14)15/h4-6,9H,3H2,1-2H3,(H,14,15)(H3,12,13,16). The van der Waals surface area contributed by atoms with Crippen LogP contribution in [-0.2, 0) is 0 Å².